The molecular weight excluding hydrogens is 413 g/mol. The monoisotopic (exact) mass is 441 g/mol. The Hall–Kier alpha value is -3.19. The highest BCUT2D eigenvalue weighted by Gasteiger charge is 2.34. The Morgan fingerprint density at radius 3 is 2.16 bits per heavy atom. The second-order valence-electron chi connectivity index (χ2n) is 8.13. The number of piperidine rings is 1. The minimum atomic E-state index is -1.26. The fourth-order valence-electron chi connectivity index (χ4n) is 3.82. The van der Waals surface area contributed by atoms with Gasteiger partial charge in [0.25, 0.3) is 0 Å². The molecule has 0 spiro atoms. The molecule has 0 bridgehead atoms. The normalized spacial score (nSPS) is 20.9. The molecule has 1 saturated heterocycles. The highest BCUT2D eigenvalue weighted by atomic mass is 19.1. The minimum Gasteiger partial charge on any atom is -0.490 e. The number of aliphatic carboxylic acids is 2. The number of ether oxygens (including phenoxy) is 1. The van der Waals surface area contributed by atoms with Crippen LogP contribution in [-0.4, -0.2) is 52.8 Å². The van der Waals surface area contributed by atoms with Gasteiger partial charge in [-0.3, -0.25) is 0 Å². The Labute approximate surface area is 186 Å². The van der Waals surface area contributed by atoms with Crippen LogP contribution in [0.3, 0.4) is 0 Å². The zero-order valence-electron chi connectivity index (χ0n) is 17.8. The van der Waals surface area contributed by atoms with Crippen molar-refractivity contribution in [2.75, 3.05) is 19.6 Å². The fourth-order valence-corrected chi connectivity index (χ4v) is 3.82. The van der Waals surface area contributed by atoms with E-state index >= 15 is 0 Å². The van der Waals surface area contributed by atoms with Gasteiger partial charge in [0.15, 0.2) is 0 Å². The van der Waals surface area contributed by atoms with Gasteiger partial charge in [0.2, 0.25) is 0 Å². The molecule has 170 valence electrons. The predicted octanol–water partition coefficient (Wildman–Crippen LogP) is 4.18. The molecule has 2 fully saturated rings. The molecule has 1 aliphatic heterocycles. The molecule has 4 rings (SSSR count). The second kappa shape index (κ2) is 11.4. The van der Waals surface area contributed by atoms with Crippen molar-refractivity contribution in [3.8, 4) is 5.75 Å². The van der Waals surface area contributed by atoms with Crippen LogP contribution in [0.15, 0.2) is 66.7 Å². The lowest BCUT2D eigenvalue weighted by molar-refractivity contribution is -0.134. The van der Waals surface area contributed by atoms with Crippen molar-refractivity contribution in [3.05, 3.63) is 78.1 Å². The van der Waals surface area contributed by atoms with Gasteiger partial charge in [0.05, 0.1) is 0 Å². The molecule has 2 aromatic rings. The third-order valence-electron chi connectivity index (χ3n) is 5.54. The van der Waals surface area contributed by atoms with E-state index in [1.165, 1.54) is 37.1 Å². The zero-order valence-corrected chi connectivity index (χ0v) is 17.8. The third-order valence-corrected chi connectivity index (χ3v) is 5.54. The van der Waals surface area contributed by atoms with Crippen LogP contribution in [0.25, 0.3) is 0 Å². The van der Waals surface area contributed by atoms with Gasteiger partial charge in [-0.2, -0.15) is 0 Å². The molecule has 0 aromatic heterocycles. The number of likely N-dealkylation sites (tertiary alicyclic amines) is 1. The first-order chi connectivity index (χ1) is 15.4. The summed E-state index contributed by atoms with van der Waals surface area (Å²) in [6.45, 7) is 3.37. The van der Waals surface area contributed by atoms with E-state index < -0.39 is 11.9 Å². The van der Waals surface area contributed by atoms with Gasteiger partial charge in [-0.25, -0.2) is 14.0 Å². The highest BCUT2D eigenvalue weighted by molar-refractivity contribution is 5.89. The lowest BCUT2D eigenvalue weighted by Gasteiger charge is -2.39. The highest BCUT2D eigenvalue weighted by Crippen LogP contribution is 2.35. The Balaban J connectivity index is 0.000000312. The standard InChI is InChI=1S/C21H24FNO.C4H4O4/c22-18-8-10-19(11-9-18)24-21-12-13-23(14-16-6-7-16)15-20(21)17-4-2-1-3-5-17;5-3(6)1-2-4(7)8/h1-5,8-11,16,20-21H,6-7,12-15H2;1-2H,(H,5,6)(H,7,8)/t20-,21+;/m0./s1. The molecule has 2 aliphatic rings. The van der Waals surface area contributed by atoms with E-state index in [9.17, 15) is 14.0 Å². The summed E-state index contributed by atoms with van der Waals surface area (Å²) >= 11 is 0. The van der Waals surface area contributed by atoms with Crippen molar-refractivity contribution in [1.82, 2.24) is 4.90 Å². The molecule has 2 N–H and O–H groups in total. The van der Waals surface area contributed by atoms with Crippen molar-refractivity contribution < 1.29 is 28.9 Å². The Morgan fingerprint density at radius 1 is 0.969 bits per heavy atom. The van der Waals surface area contributed by atoms with Crippen LogP contribution in [0.1, 0.15) is 30.7 Å². The Morgan fingerprint density at radius 2 is 1.59 bits per heavy atom. The maximum Gasteiger partial charge on any atom is 0.328 e. The SMILES string of the molecule is Fc1ccc(O[C@@H]2CCN(CC3CC3)C[C@H]2c2ccccc2)cc1.O=C(O)C=CC(=O)O. The first-order valence-corrected chi connectivity index (χ1v) is 10.7. The molecule has 2 atom stereocenters. The van der Waals surface area contributed by atoms with E-state index in [1.807, 2.05) is 0 Å². The van der Waals surface area contributed by atoms with Crippen LogP contribution in [-0.2, 0) is 9.59 Å². The molecule has 1 aliphatic carbocycles. The molecule has 32 heavy (non-hydrogen) atoms. The number of carboxylic acid groups (broad SMARTS) is 2. The van der Waals surface area contributed by atoms with Gasteiger partial charge in [-0.1, -0.05) is 30.3 Å². The van der Waals surface area contributed by atoms with E-state index in [4.69, 9.17) is 14.9 Å². The van der Waals surface area contributed by atoms with Gasteiger partial charge >= 0.3 is 11.9 Å². The van der Waals surface area contributed by atoms with Crippen LogP contribution >= 0.6 is 0 Å². The summed E-state index contributed by atoms with van der Waals surface area (Å²) in [7, 11) is 0. The van der Waals surface area contributed by atoms with Crippen molar-refractivity contribution in [2.24, 2.45) is 5.92 Å². The fraction of sp³-hybridized carbons (Fsp3) is 0.360. The average Bonchev–Trinajstić information content (AvgIpc) is 3.60. The van der Waals surface area contributed by atoms with Crippen molar-refractivity contribution in [1.29, 1.82) is 0 Å². The topological polar surface area (TPSA) is 87.1 Å². The minimum absolute atomic E-state index is 0.147. The zero-order chi connectivity index (χ0) is 22.9. The Kier molecular flexibility index (Phi) is 8.39. The van der Waals surface area contributed by atoms with Crippen LogP contribution in [0.4, 0.5) is 4.39 Å². The van der Waals surface area contributed by atoms with Gasteiger partial charge < -0.3 is 19.8 Å². The summed E-state index contributed by atoms with van der Waals surface area (Å²) in [5, 5.41) is 15.6. The number of carboxylic acids is 2. The molecule has 1 heterocycles. The summed E-state index contributed by atoms with van der Waals surface area (Å²) in [4.78, 5) is 21.7. The van der Waals surface area contributed by atoms with Crippen LogP contribution < -0.4 is 4.74 Å². The van der Waals surface area contributed by atoms with Crippen molar-refractivity contribution in [3.63, 3.8) is 0 Å². The van der Waals surface area contributed by atoms with Gasteiger partial charge in [-0.15, -0.1) is 0 Å². The summed E-state index contributed by atoms with van der Waals surface area (Å²) in [5.74, 6) is -0.696. The number of carbonyl (C=O) groups is 2. The molecule has 2 aromatic carbocycles. The van der Waals surface area contributed by atoms with E-state index in [0.29, 0.717) is 18.1 Å². The maximum absolute atomic E-state index is 13.1. The van der Waals surface area contributed by atoms with E-state index in [1.54, 1.807) is 12.1 Å². The maximum atomic E-state index is 13.1. The summed E-state index contributed by atoms with van der Waals surface area (Å²) in [5.41, 5.74) is 1.34. The molecule has 0 unspecified atom stereocenters. The summed E-state index contributed by atoms with van der Waals surface area (Å²) < 4.78 is 19.4. The number of hydrogen-bond donors (Lipinski definition) is 2. The smallest absolute Gasteiger partial charge is 0.328 e. The number of hydrogen-bond acceptors (Lipinski definition) is 4. The van der Waals surface area contributed by atoms with Gasteiger partial charge in [0.1, 0.15) is 17.7 Å². The summed E-state index contributed by atoms with van der Waals surface area (Å²) in [6.07, 6.45) is 5.06. The van der Waals surface area contributed by atoms with Crippen LogP contribution in [0.2, 0.25) is 0 Å². The molecule has 6 nitrogen and oxygen atoms in total. The number of halogens is 1. The van der Waals surface area contributed by atoms with Crippen LogP contribution in [0.5, 0.6) is 5.75 Å². The van der Waals surface area contributed by atoms with E-state index in [2.05, 4.69) is 35.2 Å². The molecule has 0 radical (unpaired) electrons. The number of rotatable bonds is 7. The van der Waals surface area contributed by atoms with E-state index in [0.717, 1.165) is 31.2 Å². The first-order valence-electron chi connectivity index (χ1n) is 10.7. The van der Waals surface area contributed by atoms with Crippen molar-refractivity contribution >= 4 is 11.9 Å². The largest absolute Gasteiger partial charge is 0.490 e. The lowest BCUT2D eigenvalue weighted by atomic mass is 9.87. The predicted molar refractivity (Wildman–Crippen MR) is 118 cm³/mol. The quantitative estimate of drug-likeness (QED) is 0.627. The number of nitrogens with zero attached hydrogens (tertiary/aromatic N) is 1. The van der Waals surface area contributed by atoms with Gasteiger partial charge in [0, 0.05) is 37.7 Å². The molecule has 7 heteroatoms. The lowest BCUT2D eigenvalue weighted by Crippen LogP contribution is -2.44. The van der Waals surface area contributed by atoms with Gasteiger partial charge in [-0.05, 0) is 55.0 Å². The number of benzene rings is 2. The van der Waals surface area contributed by atoms with Crippen LogP contribution in [0, 0.1) is 11.7 Å². The average molecular weight is 441 g/mol. The molecule has 1 saturated carbocycles. The van der Waals surface area contributed by atoms with E-state index in [-0.39, 0.29) is 11.9 Å². The molecular formula is C25H28FNO5. The summed E-state index contributed by atoms with van der Waals surface area (Å²) in [6, 6.07) is 17.1. The van der Waals surface area contributed by atoms with Crippen molar-refractivity contribution in [2.45, 2.75) is 31.3 Å². The molecule has 0 amide bonds. The first kappa shape index (κ1) is 23.5. The third kappa shape index (κ3) is 7.81. The Bertz CT molecular complexity index is 896. The second-order valence-corrected chi connectivity index (χ2v) is 8.13.